The molecule has 1 aromatic carbocycles. The number of amides is 2. The molecule has 2 rings (SSSR count). The van der Waals surface area contributed by atoms with Gasteiger partial charge in [0.25, 0.3) is 0 Å². The number of nitrogens with one attached hydrogen (secondary N) is 2. The Hall–Kier alpha value is -2.32. The van der Waals surface area contributed by atoms with E-state index in [4.69, 9.17) is 14.6 Å². The second-order valence-electron chi connectivity index (χ2n) is 5.74. The van der Waals surface area contributed by atoms with Crippen molar-refractivity contribution in [1.29, 1.82) is 0 Å². The minimum Gasteiger partial charge on any atom is -0.493 e. The van der Waals surface area contributed by atoms with E-state index in [9.17, 15) is 9.59 Å². The molecule has 0 unspecified atom stereocenters. The average molecular weight is 351 g/mol. The molecule has 25 heavy (non-hydrogen) atoms. The van der Waals surface area contributed by atoms with Gasteiger partial charge in [-0.2, -0.15) is 0 Å². The molecule has 0 spiro atoms. The molecule has 0 radical (unpaired) electrons. The van der Waals surface area contributed by atoms with Gasteiger partial charge in [-0.15, -0.1) is 0 Å². The zero-order chi connectivity index (χ0) is 18.2. The molecule has 1 aliphatic heterocycles. The number of piperazine rings is 1. The lowest BCUT2D eigenvalue weighted by Gasteiger charge is -2.34. The standard InChI is InChI=1S/C17H25N3O5/c1-24-14-4-3-12(9-15(14)25-2)11-20-7-5-19-17(23)13(20)10-16(22)18-6-8-21/h3-4,9,13,21H,5-8,10-11H2,1-2H3,(H,18,22)(H,19,23)/t13-/m1/s1. The Morgan fingerprint density at radius 2 is 2.12 bits per heavy atom. The SMILES string of the molecule is COc1ccc(CN2CCNC(=O)[C@H]2CC(=O)NCCO)cc1OC. The third-order valence-electron chi connectivity index (χ3n) is 4.09. The highest BCUT2D eigenvalue weighted by Gasteiger charge is 2.31. The Morgan fingerprint density at radius 3 is 2.80 bits per heavy atom. The van der Waals surface area contributed by atoms with Crippen molar-refractivity contribution in [2.24, 2.45) is 0 Å². The number of aliphatic hydroxyl groups is 1. The second-order valence-corrected chi connectivity index (χ2v) is 5.74. The number of carbonyl (C=O) groups excluding carboxylic acids is 2. The Labute approximate surface area is 147 Å². The number of hydrogen-bond donors (Lipinski definition) is 3. The average Bonchev–Trinajstić information content (AvgIpc) is 2.62. The van der Waals surface area contributed by atoms with E-state index in [0.717, 1.165) is 5.56 Å². The number of benzene rings is 1. The van der Waals surface area contributed by atoms with Crippen LogP contribution in [0, 0.1) is 0 Å². The minimum atomic E-state index is -0.541. The molecule has 3 N–H and O–H groups in total. The van der Waals surface area contributed by atoms with E-state index in [2.05, 4.69) is 10.6 Å². The first-order valence-electron chi connectivity index (χ1n) is 8.19. The van der Waals surface area contributed by atoms with Crippen LogP contribution in [-0.2, 0) is 16.1 Å². The van der Waals surface area contributed by atoms with Crippen molar-refractivity contribution >= 4 is 11.8 Å². The number of nitrogens with zero attached hydrogens (tertiary/aromatic N) is 1. The van der Waals surface area contributed by atoms with Crippen LogP contribution in [0.4, 0.5) is 0 Å². The summed E-state index contributed by atoms with van der Waals surface area (Å²) < 4.78 is 10.5. The van der Waals surface area contributed by atoms with Crippen LogP contribution in [-0.4, -0.2) is 68.3 Å². The van der Waals surface area contributed by atoms with E-state index in [-0.39, 0.29) is 31.4 Å². The molecular weight excluding hydrogens is 326 g/mol. The fraction of sp³-hybridized carbons (Fsp3) is 0.529. The predicted octanol–water partition coefficient (Wildman–Crippen LogP) is -0.497. The number of rotatable bonds is 8. The van der Waals surface area contributed by atoms with E-state index in [0.29, 0.717) is 31.1 Å². The first-order chi connectivity index (χ1) is 12.1. The van der Waals surface area contributed by atoms with E-state index >= 15 is 0 Å². The van der Waals surface area contributed by atoms with E-state index in [1.807, 2.05) is 23.1 Å². The number of aliphatic hydroxyl groups excluding tert-OH is 1. The Kier molecular flexibility index (Phi) is 7.03. The highest BCUT2D eigenvalue weighted by molar-refractivity contribution is 5.88. The molecule has 0 bridgehead atoms. The molecule has 0 aliphatic carbocycles. The quantitative estimate of drug-likeness (QED) is 0.584. The van der Waals surface area contributed by atoms with Crippen molar-refractivity contribution < 1.29 is 24.2 Å². The van der Waals surface area contributed by atoms with Crippen LogP contribution in [0.15, 0.2) is 18.2 Å². The van der Waals surface area contributed by atoms with Crippen molar-refractivity contribution in [2.45, 2.75) is 19.0 Å². The van der Waals surface area contributed by atoms with Crippen LogP contribution in [0.25, 0.3) is 0 Å². The summed E-state index contributed by atoms with van der Waals surface area (Å²) in [7, 11) is 3.15. The highest BCUT2D eigenvalue weighted by atomic mass is 16.5. The number of hydrogen-bond acceptors (Lipinski definition) is 6. The Bertz CT molecular complexity index is 608. The molecule has 1 heterocycles. The lowest BCUT2D eigenvalue weighted by atomic mass is 10.1. The van der Waals surface area contributed by atoms with Gasteiger partial charge in [0.2, 0.25) is 11.8 Å². The minimum absolute atomic E-state index is 0.0547. The van der Waals surface area contributed by atoms with Gasteiger partial charge in [-0.3, -0.25) is 14.5 Å². The topological polar surface area (TPSA) is 100 Å². The van der Waals surface area contributed by atoms with Gasteiger partial charge >= 0.3 is 0 Å². The second kappa shape index (κ2) is 9.24. The summed E-state index contributed by atoms with van der Waals surface area (Å²) in [6.45, 7) is 1.77. The Balaban J connectivity index is 2.09. The maximum atomic E-state index is 12.2. The fourth-order valence-electron chi connectivity index (χ4n) is 2.83. The third-order valence-corrected chi connectivity index (χ3v) is 4.09. The third kappa shape index (κ3) is 5.07. The summed E-state index contributed by atoms with van der Waals surface area (Å²) in [6.07, 6.45) is 0.0547. The zero-order valence-corrected chi connectivity index (χ0v) is 14.6. The maximum Gasteiger partial charge on any atom is 0.237 e. The smallest absolute Gasteiger partial charge is 0.237 e. The van der Waals surface area contributed by atoms with Crippen molar-refractivity contribution in [3.8, 4) is 11.5 Å². The predicted molar refractivity (Wildman–Crippen MR) is 91.5 cm³/mol. The summed E-state index contributed by atoms with van der Waals surface area (Å²) in [4.78, 5) is 26.1. The van der Waals surface area contributed by atoms with Gasteiger partial charge in [0.1, 0.15) is 0 Å². The molecule has 2 amide bonds. The monoisotopic (exact) mass is 351 g/mol. The molecular formula is C17H25N3O5. The van der Waals surface area contributed by atoms with Gasteiger partial charge in [-0.05, 0) is 17.7 Å². The van der Waals surface area contributed by atoms with Gasteiger partial charge in [0.15, 0.2) is 11.5 Å². The molecule has 1 aromatic rings. The summed E-state index contributed by atoms with van der Waals surface area (Å²) in [5, 5.41) is 14.2. The molecule has 1 saturated heterocycles. The van der Waals surface area contributed by atoms with Crippen molar-refractivity contribution in [3.63, 3.8) is 0 Å². The van der Waals surface area contributed by atoms with E-state index in [1.54, 1.807) is 14.2 Å². The fourth-order valence-corrected chi connectivity index (χ4v) is 2.83. The van der Waals surface area contributed by atoms with E-state index in [1.165, 1.54) is 0 Å². The number of methoxy groups -OCH3 is 2. The lowest BCUT2D eigenvalue weighted by molar-refractivity contribution is -0.134. The van der Waals surface area contributed by atoms with Gasteiger partial charge in [-0.25, -0.2) is 0 Å². The van der Waals surface area contributed by atoms with Crippen LogP contribution >= 0.6 is 0 Å². The van der Waals surface area contributed by atoms with E-state index < -0.39 is 6.04 Å². The van der Waals surface area contributed by atoms with Gasteiger partial charge in [-0.1, -0.05) is 6.07 Å². The first kappa shape index (κ1) is 19.0. The summed E-state index contributed by atoms with van der Waals surface area (Å²) in [6, 6.07) is 5.06. The summed E-state index contributed by atoms with van der Waals surface area (Å²) >= 11 is 0. The summed E-state index contributed by atoms with van der Waals surface area (Å²) in [5.41, 5.74) is 0.966. The molecule has 1 atom stereocenters. The largest absolute Gasteiger partial charge is 0.493 e. The molecule has 8 nitrogen and oxygen atoms in total. The van der Waals surface area contributed by atoms with Crippen LogP contribution in [0.2, 0.25) is 0 Å². The summed E-state index contributed by atoms with van der Waals surface area (Å²) in [5.74, 6) is 0.848. The number of carbonyl (C=O) groups is 2. The van der Waals surface area contributed by atoms with Crippen LogP contribution in [0.3, 0.4) is 0 Å². The van der Waals surface area contributed by atoms with Crippen LogP contribution in [0.5, 0.6) is 11.5 Å². The van der Waals surface area contributed by atoms with Crippen LogP contribution in [0.1, 0.15) is 12.0 Å². The first-order valence-corrected chi connectivity index (χ1v) is 8.19. The normalized spacial score (nSPS) is 17.7. The zero-order valence-electron chi connectivity index (χ0n) is 14.6. The molecule has 0 saturated carbocycles. The lowest BCUT2D eigenvalue weighted by Crippen LogP contribution is -2.56. The van der Waals surface area contributed by atoms with Crippen LogP contribution < -0.4 is 20.1 Å². The van der Waals surface area contributed by atoms with Gasteiger partial charge in [0, 0.05) is 26.2 Å². The van der Waals surface area contributed by atoms with Crippen molar-refractivity contribution in [2.75, 3.05) is 40.5 Å². The molecule has 0 aromatic heterocycles. The maximum absolute atomic E-state index is 12.2. The van der Waals surface area contributed by atoms with Gasteiger partial charge in [0.05, 0.1) is 33.3 Å². The molecule has 138 valence electrons. The van der Waals surface area contributed by atoms with Crippen molar-refractivity contribution in [3.05, 3.63) is 23.8 Å². The molecule has 8 heteroatoms. The number of ether oxygens (including phenoxy) is 2. The van der Waals surface area contributed by atoms with Crippen molar-refractivity contribution in [1.82, 2.24) is 15.5 Å². The Morgan fingerprint density at radius 1 is 1.36 bits per heavy atom. The highest BCUT2D eigenvalue weighted by Crippen LogP contribution is 2.28. The van der Waals surface area contributed by atoms with Gasteiger partial charge < -0.3 is 25.2 Å². The molecule has 1 aliphatic rings. The molecule has 1 fully saturated rings.